The first kappa shape index (κ1) is 11.6. The molecule has 0 aromatic carbocycles. The van der Waals surface area contributed by atoms with Gasteiger partial charge >= 0.3 is 0 Å². The highest BCUT2D eigenvalue weighted by molar-refractivity contribution is 5.51. The Morgan fingerprint density at radius 1 is 1.25 bits per heavy atom. The highest BCUT2D eigenvalue weighted by Gasteiger charge is 2.10. The number of hydrogen-bond acceptors (Lipinski definition) is 2. The van der Waals surface area contributed by atoms with Crippen LogP contribution < -0.4 is 0 Å². The maximum absolute atomic E-state index is 10.2. The summed E-state index contributed by atoms with van der Waals surface area (Å²) in [5.41, 5.74) is 0. The Kier molecular flexibility index (Phi) is 7.06. The van der Waals surface area contributed by atoms with Crippen LogP contribution in [0.1, 0.15) is 40.0 Å². The number of hydrogen-bond donors (Lipinski definition) is 0. The minimum absolute atomic E-state index is 0.363. The highest BCUT2D eigenvalue weighted by Crippen LogP contribution is 2.04. The molecule has 2 heteroatoms. The Hall–Kier alpha value is -0.370. The maximum Gasteiger partial charge on any atom is 0.199 e. The minimum atomic E-state index is 0.363. The molecule has 0 aliphatic rings. The summed E-state index contributed by atoms with van der Waals surface area (Å²) < 4.78 is 0. The molecule has 0 aromatic rings. The molecule has 0 fully saturated rings. The standard InChI is InChI=1S/C10H20NO/c1-4-7-11(8-5-2)10(3)6-9-12/h10H,4-8H2,1-3H3. The maximum atomic E-state index is 10.2. The Morgan fingerprint density at radius 3 is 2.08 bits per heavy atom. The summed E-state index contributed by atoms with van der Waals surface area (Å²) in [5.74, 6) is 0. The zero-order valence-electron chi connectivity index (χ0n) is 8.47. The molecule has 0 spiro atoms. The molecule has 0 bridgehead atoms. The predicted molar refractivity (Wildman–Crippen MR) is 51.9 cm³/mol. The van der Waals surface area contributed by atoms with Crippen LogP contribution in [-0.2, 0) is 4.79 Å². The third-order valence-electron chi connectivity index (χ3n) is 2.02. The van der Waals surface area contributed by atoms with Crippen LogP contribution in [0.2, 0.25) is 0 Å². The first-order valence-electron chi connectivity index (χ1n) is 4.85. The number of rotatable bonds is 7. The second-order valence-corrected chi connectivity index (χ2v) is 3.23. The summed E-state index contributed by atoms with van der Waals surface area (Å²) in [6.45, 7) is 8.61. The molecule has 0 saturated carbocycles. The molecule has 0 heterocycles. The second-order valence-electron chi connectivity index (χ2n) is 3.23. The van der Waals surface area contributed by atoms with Gasteiger partial charge in [0.2, 0.25) is 0 Å². The van der Waals surface area contributed by atoms with Gasteiger partial charge in [-0.3, -0.25) is 4.79 Å². The molecule has 0 aromatic heterocycles. The second kappa shape index (κ2) is 7.29. The molecule has 2 nitrogen and oxygen atoms in total. The lowest BCUT2D eigenvalue weighted by Gasteiger charge is -2.26. The zero-order valence-corrected chi connectivity index (χ0v) is 8.47. The van der Waals surface area contributed by atoms with Gasteiger partial charge in [-0.15, -0.1) is 0 Å². The van der Waals surface area contributed by atoms with Crippen LogP contribution >= 0.6 is 0 Å². The van der Waals surface area contributed by atoms with Crippen LogP contribution in [0.5, 0.6) is 0 Å². The van der Waals surface area contributed by atoms with Crippen molar-refractivity contribution in [3.05, 3.63) is 0 Å². The van der Waals surface area contributed by atoms with Gasteiger partial charge in [0.05, 0.1) is 0 Å². The molecule has 0 amide bonds. The van der Waals surface area contributed by atoms with E-state index in [1.54, 1.807) is 0 Å². The van der Waals surface area contributed by atoms with E-state index >= 15 is 0 Å². The third kappa shape index (κ3) is 4.50. The quantitative estimate of drug-likeness (QED) is 0.582. The van der Waals surface area contributed by atoms with Crippen molar-refractivity contribution in [2.24, 2.45) is 0 Å². The van der Waals surface area contributed by atoms with E-state index in [1.807, 2.05) is 6.29 Å². The van der Waals surface area contributed by atoms with Crippen molar-refractivity contribution in [3.8, 4) is 0 Å². The average molecular weight is 170 g/mol. The molecule has 1 radical (unpaired) electrons. The lowest BCUT2D eigenvalue weighted by molar-refractivity contribution is 0.212. The van der Waals surface area contributed by atoms with Crippen LogP contribution in [0.15, 0.2) is 0 Å². The fraction of sp³-hybridized carbons (Fsp3) is 0.900. The molecule has 0 saturated heterocycles. The van der Waals surface area contributed by atoms with Crippen LogP contribution in [-0.4, -0.2) is 30.3 Å². The van der Waals surface area contributed by atoms with Gasteiger partial charge < -0.3 is 4.90 Å². The summed E-state index contributed by atoms with van der Waals surface area (Å²) in [7, 11) is 0. The van der Waals surface area contributed by atoms with Gasteiger partial charge in [0.1, 0.15) is 0 Å². The molecule has 0 aliphatic carbocycles. The smallest absolute Gasteiger partial charge is 0.199 e. The number of nitrogens with zero attached hydrogens (tertiary/aromatic N) is 1. The van der Waals surface area contributed by atoms with Crippen LogP contribution in [0.3, 0.4) is 0 Å². The van der Waals surface area contributed by atoms with Crippen molar-refractivity contribution in [1.29, 1.82) is 0 Å². The lowest BCUT2D eigenvalue weighted by atomic mass is 10.2. The summed E-state index contributed by atoms with van der Waals surface area (Å²) in [4.78, 5) is 12.5. The fourth-order valence-corrected chi connectivity index (χ4v) is 1.38. The molecule has 1 atom stereocenters. The Bertz CT molecular complexity index is 108. The molecule has 12 heavy (non-hydrogen) atoms. The predicted octanol–water partition coefficient (Wildman–Crippen LogP) is 2.00. The summed E-state index contributed by atoms with van der Waals surface area (Å²) >= 11 is 0. The van der Waals surface area contributed by atoms with Crippen LogP contribution in [0.25, 0.3) is 0 Å². The van der Waals surface area contributed by atoms with Crippen molar-refractivity contribution in [3.63, 3.8) is 0 Å². The topological polar surface area (TPSA) is 20.3 Å². The Labute approximate surface area is 75.9 Å². The monoisotopic (exact) mass is 170 g/mol. The lowest BCUT2D eigenvalue weighted by Crippen LogP contribution is -2.34. The molecular weight excluding hydrogens is 150 g/mol. The molecule has 0 N–H and O–H groups in total. The number of carbonyl (C=O) groups excluding carboxylic acids is 1. The van der Waals surface area contributed by atoms with E-state index in [1.165, 1.54) is 0 Å². The highest BCUT2D eigenvalue weighted by atomic mass is 16.1. The minimum Gasteiger partial charge on any atom is -0.300 e. The van der Waals surface area contributed by atoms with Gasteiger partial charge in [0.25, 0.3) is 0 Å². The fourth-order valence-electron chi connectivity index (χ4n) is 1.38. The molecule has 71 valence electrons. The van der Waals surface area contributed by atoms with E-state index in [0.717, 1.165) is 25.9 Å². The van der Waals surface area contributed by atoms with Crippen LogP contribution in [0, 0.1) is 0 Å². The molecule has 1 unspecified atom stereocenters. The molecular formula is C10H20NO. The SMILES string of the molecule is CCCN(CCC)C(C)C[C]=O. The average Bonchev–Trinajstić information content (AvgIpc) is 2.04. The summed E-state index contributed by atoms with van der Waals surface area (Å²) in [6.07, 6.45) is 4.83. The first-order chi connectivity index (χ1) is 5.76. The van der Waals surface area contributed by atoms with Gasteiger partial charge in [-0.1, -0.05) is 13.8 Å². The van der Waals surface area contributed by atoms with E-state index in [4.69, 9.17) is 0 Å². The largest absolute Gasteiger partial charge is 0.300 e. The van der Waals surface area contributed by atoms with Gasteiger partial charge in [0.15, 0.2) is 6.29 Å². The van der Waals surface area contributed by atoms with E-state index in [2.05, 4.69) is 25.7 Å². The van der Waals surface area contributed by atoms with Crippen molar-refractivity contribution in [1.82, 2.24) is 4.90 Å². The van der Waals surface area contributed by atoms with Crippen molar-refractivity contribution < 1.29 is 4.79 Å². The van der Waals surface area contributed by atoms with E-state index < -0.39 is 0 Å². The van der Waals surface area contributed by atoms with E-state index in [9.17, 15) is 4.79 Å². The van der Waals surface area contributed by atoms with Crippen molar-refractivity contribution >= 4 is 6.29 Å². The molecule has 0 aliphatic heterocycles. The van der Waals surface area contributed by atoms with Gasteiger partial charge in [-0.2, -0.15) is 0 Å². The normalized spacial score (nSPS) is 13.3. The van der Waals surface area contributed by atoms with Crippen molar-refractivity contribution in [2.45, 2.75) is 46.1 Å². The van der Waals surface area contributed by atoms with Crippen LogP contribution in [0.4, 0.5) is 0 Å². The third-order valence-corrected chi connectivity index (χ3v) is 2.02. The zero-order chi connectivity index (χ0) is 9.40. The van der Waals surface area contributed by atoms with Gasteiger partial charge in [0, 0.05) is 12.5 Å². The molecule has 0 rings (SSSR count). The van der Waals surface area contributed by atoms with Gasteiger partial charge in [-0.05, 0) is 32.9 Å². The van der Waals surface area contributed by atoms with Gasteiger partial charge in [-0.25, -0.2) is 0 Å². The van der Waals surface area contributed by atoms with E-state index in [0.29, 0.717) is 12.5 Å². The summed E-state index contributed by atoms with van der Waals surface area (Å²) in [6, 6.07) is 0.363. The van der Waals surface area contributed by atoms with Crippen molar-refractivity contribution in [2.75, 3.05) is 13.1 Å². The Balaban J connectivity index is 3.80. The Morgan fingerprint density at radius 2 is 1.75 bits per heavy atom. The first-order valence-corrected chi connectivity index (χ1v) is 4.85. The van der Waals surface area contributed by atoms with E-state index in [-0.39, 0.29) is 0 Å². The summed E-state index contributed by atoms with van der Waals surface area (Å²) in [5, 5.41) is 0.